The third-order valence-electron chi connectivity index (χ3n) is 6.20. The van der Waals surface area contributed by atoms with E-state index < -0.39 is 5.60 Å². The summed E-state index contributed by atoms with van der Waals surface area (Å²) in [6.45, 7) is 0.946. The summed E-state index contributed by atoms with van der Waals surface area (Å²) in [6, 6.07) is 8.77. The minimum absolute atomic E-state index is 0.284. The van der Waals surface area contributed by atoms with Crippen LogP contribution < -0.4 is 5.32 Å². The van der Waals surface area contributed by atoms with E-state index in [-0.39, 0.29) is 6.04 Å². The first kappa shape index (κ1) is 15.2. The number of aromatic nitrogens is 1. The Morgan fingerprint density at radius 1 is 1.13 bits per heavy atom. The maximum absolute atomic E-state index is 11.2. The molecule has 3 atom stereocenters. The quantitative estimate of drug-likeness (QED) is 0.805. The summed E-state index contributed by atoms with van der Waals surface area (Å²) < 4.78 is 0. The number of aromatic amines is 1. The van der Waals surface area contributed by atoms with Crippen LogP contribution in [-0.2, 0) is 6.42 Å². The average molecular weight is 312 g/mol. The van der Waals surface area contributed by atoms with Gasteiger partial charge in [0, 0.05) is 23.1 Å². The summed E-state index contributed by atoms with van der Waals surface area (Å²) >= 11 is 0. The molecule has 0 saturated heterocycles. The van der Waals surface area contributed by atoms with Gasteiger partial charge in [0.1, 0.15) is 0 Å². The van der Waals surface area contributed by atoms with Crippen LogP contribution in [0.3, 0.4) is 0 Å². The highest BCUT2D eigenvalue weighted by atomic mass is 16.3. The third-order valence-corrected chi connectivity index (χ3v) is 6.20. The van der Waals surface area contributed by atoms with Crippen molar-refractivity contribution in [3.8, 4) is 0 Å². The molecule has 3 N–H and O–H groups in total. The maximum atomic E-state index is 11.2. The molecule has 1 heterocycles. The highest BCUT2D eigenvalue weighted by Crippen LogP contribution is 2.43. The van der Waals surface area contributed by atoms with Gasteiger partial charge in [-0.2, -0.15) is 0 Å². The zero-order valence-electron chi connectivity index (χ0n) is 13.9. The van der Waals surface area contributed by atoms with Crippen molar-refractivity contribution in [3.63, 3.8) is 0 Å². The van der Waals surface area contributed by atoms with Gasteiger partial charge in [-0.25, -0.2) is 0 Å². The molecule has 0 aliphatic heterocycles. The van der Waals surface area contributed by atoms with Crippen LogP contribution in [0.15, 0.2) is 30.5 Å². The summed E-state index contributed by atoms with van der Waals surface area (Å²) in [5.74, 6) is 0.524. The minimum atomic E-state index is -0.448. The molecule has 2 aliphatic carbocycles. The second-order valence-electron chi connectivity index (χ2n) is 7.48. The van der Waals surface area contributed by atoms with E-state index in [4.69, 9.17) is 0 Å². The molecule has 2 aromatic rings. The lowest BCUT2D eigenvalue weighted by atomic mass is 9.65. The molecule has 23 heavy (non-hydrogen) atoms. The number of hydrogen-bond donors (Lipinski definition) is 3. The topological polar surface area (TPSA) is 48.0 Å². The number of fused-ring (bicyclic) bond motifs is 2. The molecule has 1 aromatic carbocycles. The molecule has 2 unspecified atom stereocenters. The second kappa shape index (κ2) is 6.29. The largest absolute Gasteiger partial charge is 0.388 e. The van der Waals surface area contributed by atoms with Crippen LogP contribution in [0.5, 0.6) is 0 Å². The van der Waals surface area contributed by atoms with Crippen molar-refractivity contribution in [1.82, 2.24) is 10.3 Å². The monoisotopic (exact) mass is 312 g/mol. The second-order valence-corrected chi connectivity index (χ2v) is 7.48. The molecule has 2 aliphatic rings. The number of hydrogen-bond acceptors (Lipinski definition) is 2. The zero-order chi connectivity index (χ0) is 15.7. The normalized spacial score (nSPS) is 31.2. The van der Waals surface area contributed by atoms with Gasteiger partial charge >= 0.3 is 0 Å². The van der Waals surface area contributed by atoms with Crippen LogP contribution in [0.25, 0.3) is 10.9 Å². The number of rotatable bonds is 4. The molecular weight excluding hydrogens is 284 g/mol. The van der Waals surface area contributed by atoms with Crippen molar-refractivity contribution in [1.29, 1.82) is 0 Å². The SMILES string of the molecule is OC12CCCCC1CCC[C@@H]2NCCc1c[nH]c2ccccc12. The van der Waals surface area contributed by atoms with Crippen LogP contribution in [0, 0.1) is 5.92 Å². The first-order chi connectivity index (χ1) is 11.3. The van der Waals surface area contributed by atoms with E-state index >= 15 is 0 Å². The highest BCUT2D eigenvalue weighted by Gasteiger charge is 2.46. The number of aliphatic hydroxyl groups is 1. The van der Waals surface area contributed by atoms with Gasteiger partial charge in [0.05, 0.1) is 5.60 Å². The lowest BCUT2D eigenvalue weighted by Crippen LogP contribution is -2.59. The fourth-order valence-electron chi connectivity index (χ4n) is 4.92. The van der Waals surface area contributed by atoms with Crippen LogP contribution in [0.1, 0.15) is 50.5 Å². The standard InChI is InChI=1S/C20H28N2O/c23-20-12-4-3-6-16(20)7-5-10-19(20)21-13-11-15-14-22-18-9-2-1-8-17(15)18/h1-2,8-9,14,16,19,21-23H,3-7,10-13H2/t16?,19-,20?/m0/s1. The van der Waals surface area contributed by atoms with Crippen LogP contribution in [0.4, 0.5) is 0 Å². The van der Waals surface area contributed by atoms with Gasteiger partial charge in [0.25, 0.3) is 0 Å². The number of nitrogens with one attached hydrogen (secondary N) is 2. The lowest BCUT2D eigenvalue weighted by Gasteiger charge is -2.49. The highest BCUT2D eigenvalue weighted by molar-refractivity contribution is 5.83. The van der Waals surface area contributed by atoms with E-state index in [2.05, 4.69) is 40.8 Å². The summed E-state index contributed by atoms with van der Waals surface area (Å²) in [7, 11) is 0. The van der Waals surface area contributed by atoms with Crippen molar-refractivity contribution in [3.05, 3.63) is 36.0 Å². The van der Waals surface area contributed by atoms with E-state index in [1.807, 2.05) is 0 Å². The van der Waals surface area contributed by atoms with Crippen molar-refractivity contribution in [2.24, 2.45) is 5.92 Å². The molecule has 0 bridgehead atoms. The Morgan fingerprint density at radius 2 is 2.00 bits per heavy atom. The van der Waals surface area contributed by atoms with Gasteiger partial charge in [-0.3, -0.25) is 0 Å². The Kier molecular flexibility index (Phi) is 4.16. The lowest BCUT2D eigenvalue weighted by molar-refractivity contribution is -0.0983. The zero-order valence-corrected chi connectivity index (χ0v) is 13.9. The predicted molar refractivity (Wildman–Crippen MR) is 94.6 cm³/mol. The number of H-pyrrole nitrogens is 1. The molecular formula is C20H28N2O. The van der Waals surface area contributed by atoms with Gasteiger partial charge in [0.2, 0.25) is 0 Å². The predicted octanol–water partition coefficient (Wildman–Crippen LogP) is 3.77. The number of para-hydroxylation sites is 1. The molecule has 3 heteroatoms. The van der Waals surface area contributed by atoms with Gasteiger partial charge < -0.3 is 15.4 Å². The average Bonchev–Trinajstić information content (AvgIpc) is 2.98. The van der Waals surface area contributed by atoms with Gasteiger partial charge in [-0.1, -0.05) is 37.5 Å². The third kappa shape index (κ3) is 2.81. The van der Waals surface area contributed by atoms with Crippen LogP contribution in [-0.4, -0.2) is 28.3 Å². The summed E-state index contributed by atoms with van der Waals surface area (Å²) in [6.07, 6.45) is 11.4. The van der Waals surface area contributed by atoms with Crippen molar-refractivity contribution in [2.75, 3.05) is 6.54 Å². The van der Waals surface area contributed by atoms with Crippen LogP contribution >= 0.6 is 0 Å². The smallest absolute Gasteiger partial charge is 0.0827 e. The summed E-state index contributed by atoms with van der Waals surface area (Å²) in [5, 5.41) is 16.2. The van der Waals surface area contributed by atoms with Gasteiger partial charge in [0.15, 0.2) is 0 Å². The Hall–Kier alpha value is -1.32. The molecule has 2 fully saturated rings. The molecule has 0 amide bonds. The van der Waals surface area contributed by atoms with Crippen molar-refractivity contribution >= 4 is 10.9 Å². The van der Waals surface area contributed by atoms with E-state index in [9.17, 15) is 5.11 Å². The van der Waals surface area contributed by atoms with Gasteiger partial charge in [-0.05, 0) is 56.2 Å². The first-order valence-electron chi connectivity index (χ1n) is 9.28. The van der Waals surface area contributed by atoms with Crippen molar-refractivity contribution < 1.29 is 5.11 Å². The van der Waals surface area contributed by atoms with E-state index in [0.29, 0.717) is 5.92 Å². The fraction of sp³-hybridized carbons (Fsp3) is 0.600. The van der Waals surface area contributed by atoms with Crippen molar-refractivity contribution in [2.45, 2.75) is 63.0 Å². The maximum Gasteiger partial charge on any atom is 0.0827 e. The van der Waals surface area contributed by atoms with E-state index in [1.165, 1.54) is 48.6 Å². The molecule has 0 radical (unpaired) electrons. The van der Waals surface area contributed by atoms with Gasteiger partial charge in [-0.15, -0.1) is 0 Å². The Balaban J connectivity index is 1.40. The summed E-state index contributed by atoms with van der Waals surface area (Å²) in [5.41, 5.74) is 2.14. The molecule has 2 saturated carbocycles. The van der Waals surface area contributed by atoms with Crippen LogP contribution in [0.2, 0.25) is 0 Å². The Bertz CT molecular complexity index is 662. The molecule has 3 nitrogen and oxygen atoms in total. The summed E-state index contributed by atoms with van der Waals surface area (Å²) in [4.78, 5) is 3.35. The Morgan fingerprint density at radius 3 is 2.96 bits per heavy atom. The molecule has 1 aromatic heterocycles. The van der Waals surface area contributed by atoms with E-state index in [0.717, 1.165) is 25.8 Å². The minimum Gasteiger partial charge on any atom is -0.388 e. The van der Waals surface area contributed by atoms with E-state index in [1.54, 1.807) is 0 Å². The molecule has 0 spiro atoms. The number of benzene rings is 1. The Labute approximate surface area is 138 Å². The molecule has 124 valence electrons. The fourth-order valence-corrected chi connectivity index (χ4v) is 4.92. The first-order valence-corrected chi connectivity index (χ1v) is 9.28. The molecule has 4 rings (SSSR count).